The number of ether oxygens (including phenoxy) is 1. The van der Waals surface area contributed by atoms with E-state index in [1.54, 1.807) is 26.3 Å². The maximum absolute atomic E-state index is 13.2. The Morgan fingerprint density at radius 2 is 1.80 bits per heavy atom. The van der Waals surface area contributed by atoms with E-state index in [1.807, 2.05) is 0 Å². The number of hydrogen-bond acceptors (Lipinski definition) is 2. The van der Waals surface area contributed by atoms with Crippen LogP contribution in [0.25, 0.3) is 0 Å². The lowest BCUT2D eigenvalue weighted by molar-refractivity contribution is -0.139. The second kappa shape index (κ2) is 5.74. The van der Waals surface area contributed by atoms with Crippen LogP contribution in [0.15, 0.2) is 24.3 Å². The molecule has 1 aliphatic rings. The van der Waals surface area contributed by atoms with E-state index in [0.29, 0.717) is 0 Å². The van der Waals surface area contributed by atoms with Crippen LogP contribution in [-0.2, 0) is 10.9 Å². The van der Waals surface area contributed by atoms with Crippen molar-refractivity contribution >= 4 is 0 Å². The fourth-order valence-electron chi connectivity index (χ4n) is 3.29. The predicted octanol–water partition coefficient (Wildman–Crippen LogP) is 3.93. The number of benzene rings is 1. The Bertz CT molecular complexity index is 453. The molecular formula is C15H20F3NO. The molecule has 1 aromatic carbocycles. The molecule has 1 unspecified atom stereocenters. The van der Waals surface area contributed by atoms with Crippen molar-refractivity contribution in [3.8, 4) is 0 Å². The van der Waals surface area contributed by atoms with Crippen molar-refractivity contribution in [1.82, 2.24) is 5.32 Å². The van der Waals surface area contributed by atoms with Gasteiger partial charge in [0.15, 0.2) is 0 Å². The van der Waals surface area contributed by atoms with Crippen LogP contribution in [0, 0.1) is 0 Å². The minimum Gasteiger partial charge on any atom is -0.376 e. The Hall–Kier alpha value is -1.07. The first-order valence-corrected chi connectivity index (χ1v) is 6.83. The minimum absolute atomic E-state index is 0.270. The number of likely N-dealkylation sites (N-methyl/N-ethyl adjacent to an activating group) is 1. The highest BCUT2D eigenvalue weighted by atomic mass is 19.4. The van der Waals surface area contributed by atoms with Gasteiger partial charge in [-0.05, 0) is 31.5 Å². The molecule has 1 aromatic rings. The van der Waals surface area contributed by atoms with Crippen molar-refractivity contribution in [2.45, 2.75) is 43.5 Å². The van der Waals surface area contributed by atoms with Gasteiger partial charge < -0.3 is 10.1 Å². The van der Waals surface area contributed by atoms with Crippen molar-refractivity contribution in [1.29, 1.82) is 0 Å². The van der Waals surface area contributed by atoms with Crippen molar-refractivity contribution < 1.29 is 17.9 Å². The summed E-state index contributed by atoms with van der Waals surface area (Å²) >= 11 is 0. The highest BCUT2D eigenvalue weighted by molar-refractivity contribution is 5.34. The Morgan fingerprint density at radius 1 is 1.20 bits per heavy atom. The molecule has 0 bridgehead atoms. The molecule has 1 aliphatic carbocycles. The predicted molar refractivity (Wildman–Crippen MR) is 71.5 cm³/mol. The first-order valence-electron chi connectivity index (χ1n) is 6.83. The number of hydrogen-bond donors (Lipinski definition) is 1. The molecule has 0 saturated heterocycles. The number of methoxy groups -OCH3 is 1. The van der Waals surface area contributed by atoms with Crippen LogP contribution in [0.4, 0.5) is 13.2 Å². The molecule has 0 amide bonds. The number of nitrogens with one attached hydrogen (secondary N) is 1. The molecule has 1 fully saturated rings. The Labute approximate surface area is 117 Å². The molecule has 1 saturated carbocycles. The van der Waals surface area contributed by atoms with E-state index >= 15 is 0 Å². The van der Waals surface area contributed by atoms with Crippen LogP contribution in [0.2, 0.25) is 0 Å². The SMILES string of the molecule is CNC(c1ccccc1C(F)(F)F)C1(OC)CCCC1. The molecule has 0 radical (unpaired) electrons. The maximum Gasteiger partial charge on any atom is 0.416 e. The summed E-state index contributed by atoms with van der Waals surface area (Å²) in [4.78, 5) is 0. The van der Waals surface area contributed by atoms with E-state index < -0.39 is 23.4 Å². The van der Waals surface area contributed by atoms with Gasteiger partial charge in [0.25, 0.3) is 0 Å². The molecule has 0 aromatic heterocycles. The Kier molecular flexibility index (Phi) is 4.39. The van der Waals surface area contributed by atoms with Gasteiger partial charge in [0.05, 0.1) is 17.2 Å². The summed E-state index contributed by atoms with van der Waals surface area (Å²) in [6.45, 7) is 0. The lowest BCUT2D eigenvalue weighted by Gasteiger charge is -2.37. The monoisotopic (exact) mass is 287 g/mol. The molecule has 20 heavy (non-hydrogen) atoms. The van der Waals surface area contributed by atoms with E-state index in [1.165, 1.54) is 6.07 Å². The number of halogens is 3. The van der Waals surface area contributed by atoms with Gasteiger partial charge in [-0.15, -0.1) is 0 Å². The van der Waals surface area contributed by atoms with Gasteiger partial charge in [-0.2, -0.15) is 13.2 Å². The minimum atomic E-state index is -4.35. The third kappa shape index (κ3) is 2.69. The van der Waals surface area contributed by atoms with E-state index in [9.17, 15) is 13.2 Å². The zero-order valence-electron chi connectivity index (χ0n) is 11.8. The standard InChI is InChI=1S/C15H20F3NO/c1-19-13(14(20-2)9-5-6-10-14)11-7-3-4-8-12(11)15(16,17)18/h3-4,7-8,13,19H,5-6,9-10H2,1-2H3. The number of rotatable bonds is 4. The van der Waals surface area contributed by atoms with E-state index in [2.05, 4.69) is 5.32 Å². The van der Waals surface area contributed by atoms with Crippen LogP contribution >= 0.6 is 0 Å². The molecule has 0 spiro atoms. The molecule has 5 heteroatoms. The third-order valence-corrected chi connectivity index (χ3v) is 4.25. The van der Waals surface area contributed by atoms with Crippen LogP contribution in [0.5, 0.6) is 0 Å². The van der Waals surface area contributed by atoms with Crippen molar-refractivity contribution in [2.24, 2.45) is 0 Å². The molecule has 2 nitrogen and oxygen atoms in total. The van der Waals surface area contributed by atoms with E-state index in [4.69, 9.17) is 4.74 Å². The van der Waals surface area contributed by atoms with Crippen LogP contribution in [0.3, 0.4) is 0 Å². The summed E-state index contributed by atoms with van der Waals surface area (Å²) in [5.41, 5.74) is -0.857. The van der Waals surface area contributed by atoms with Crippen molar-refractivity contribution in [2.75, 3.05) is 14.2 Å². The second-order valence-electron chi connectivity index (χ2n) is 5.28. The number of alkyl halides is 3. The third-order valence-electron chi connectivity index (χ3n) is 4.25. The fourth-order valence-corrected chi connectivity index (χ4v) is 3.29. The van der Waals surface area contributed by atoms with Gasteiger partial charge in [0.2, 0.25) is 0 Å². The molecule has 2 rings (SSSR count). The largest absolute Gasteiger partial charge is 0.416 e. The summed E-state index contributed by atoms with van der Waals surface area (Å²) in [5, 5.41) is 3.04. The molecular weight excluding hydrogens is 267 g/mol. The zero-order valence-corrected chi connectivity index (χ0v) is 11.8. The zero-order chi connectivity index (χ0) is 14.8. The first kappa shape index (κ1) is 15.3. The van der Waals surface area contributed by atoms with Gasteiger partial charge in [0, 0.05) is 7.11 Å². The smallest absolute Gasteiger partial charge is 0.376 e. The lowest BCUT2D eigenvalue weighted by atomic mass is 9.84. The average Bonchev–Trinajstić information content (AvgIpc) is 2.89. The summed E-state index contributed by atoms with van der Waals surface area (Å²) in [7, 11) is 3.28. The summed E-state index contributed by atoms with van der Waals surface area (Å²) in [5.74, 6) is 0. The van der Waals surface area contributed by atoms with Crippen LogP contribution in [-0.4, -0.2) is 19.8 Å². The van der Waals surface area contributed by atoms with Gasteiger partial charge in [-0.3, -0.25) is 0 Å². The summed E-state index contributed by atoms with van der Waals surface area (Å²) < 4.78 is 45.2. The molecule has 1 N–H and O–H groups in total. The Morgan fingerprint density at radius 3 is 2.30 bits per heavy atom. The Balaban J connectivity index is 2.47. The fraction of sp³-hybridized carbons (Fsp3) is 0.600. The quantitative estimate of drug-likeness (QED) is 0.906. The molecule has 112 valence electrons. The highest BCUT2D eigenvalue weighted by Gasteiger charge is 2.45. The van der Waals surface area contributed by atoms with Gasteiger partial charge in [-0.25, -0.2) is 0 Å². The maximum atomic E-state index is 13.2. The van der Waals surface area contributed by atoms with E-state index in [0.717, 1.165) is 31.7 Å². The highest BCUT2D eigenvalue weighted by Crippen LogP contribution is 2.45. The first-order chi connectivity index (χ1) is 9.44. The summed E-state index contributed by atoms with van der Waals surface area (Å²) in [6.07, 6.45) is -0.817. The molecule has 0 heterocycles. The van der Waals surface area contributed by atoms with Crippen LogP contribution in [0.1, 0.15) is 42.9 Å². The summed E-state index contributed by atoms with van der Waals surface area (Å²) in [6, 6.07) is 5.30. The normalized spacial score (nSPS) is 20.1. The second-order valence-corrected chi connectivity index (χ2v) is 5.28. The van der Waals surface area contributed by atoms with Crippen molar-refractivity contribution in [3.05, 3.63) is 35.4 Å². The van der Waals surface area contributed by atoms with Crippen LogP contribution < -0.4 is 5.32 Å². The lowest BCUT2D eigenvalue weighted by Crippen LogP contribution is -2.43. The topological polar surface area (TPSA) is 21.3 Å². The average molecular weight is 287 g/mol. The van der Waals surface area contributed by atoms with Crippen molar-refractivity contribution in [3.63, 3.8) is 0 Å². The molecule has 0 aliphatic heterocycles. The molecule has 1 atom stereocenters. The van der Waals surface area contributed by atoms with Gasteiger partial charge in [-0.1, -0.05) is 31.0 Å². The van der Waals surface area contributed by atoms with Gasteiger partial charge in [0.1, 0.15) is 0 Å². The van der Waals surface area contributed by atoms with Gasteiger partial charge >= 0.3 is 6.18 Å². The van der Waals surface area contributed by atoms with E-state index in [-0.39, 0.29) is 5.56 Å².